The fourth-order valence-corrected chi connectivity index (χ4v) is 0.329. The van der Waals surface area contributed by atoms with Crippen molar-refractivity contribution in [2.75, 3.05) is 0 Å². The van der Waals surface area contributed by atoms with Crippen molar-refractivity contribution in [3.63, 3.8) is 0 Å². The average Bonchev–Trinajstić information content (AvgIpc) is 2.06. The summed E-state index contributed by atoms with van der Waals surface area (Å²) in [6, 6.07) is 0.157. The molecule has 3 nitrogen and oxygen atoms in total. The Hall–Kier alpha value is -0.120. The van der Waals surface area contributed by atoms with Crippen LogP contribution in [0.25, 0.3) is 0 Å². The standard InChI is InChI=1S/C3H7N2O/c4-5(6)3-1-2-3/h3H,1-2,4H2/q-1. The molecule has 0 radical (unpaired) electrons. The van der Waals surface area contributed by atoms with Gasteiger partial charge in [-0.05, 0) is 12.8 Å². The zero-order chi connectivity index (χ0) is 4.57. The van der Waals surface area contributed by atoms with E-state index in [1.807, 2.05) is 0 Å². The molecule has 0 amide bonds. The molecule has 0 heterocycles. The van der Waals surface area contributed by atoms with Crippen molar-refractivity contribution < 1.29 is 0 Å². The molecule has 0 aromatic heterocycles. The first-order chi connectivity index (χ1) is 2.80. The Kier molecular flexibility index (Phi) is 0.799. The molecule has 0 aliphatic heterocycles. The molecule has 1 fully saturated rings. The zero-order valence-electron chi connectivity index (χ0n) is 3.42. The van der Waals surface area contributed by atoms with E-state index in [1.54, 1.807) is 0 Å². The SMILES string of the molecule is NN([O-])C1CC1. The van der Waals surface area contributed by atoms with Gasteiger partial charge in [0, 0.05) is 6.04 Å². The molecule has 6 heavy (non-hydrogen) atoms. The van der Waals surface area contributed by atoms with Gasteiger partial charge in [0.05, 0.1) is 0 Å². The molecular formula is C3H7N2O-. The molecule has 0 aromatic rings. The maximum Gasteiger partial charge on any atom is 0.0107 e. The van der Waals surface area contributed by atoms with Crippen LogP contribution in [-0.2, 0) is 0 Å². The molecule has 0 aromatic carbocycles. The summed E-state index contributed by atoms with van der Waals surface area (Å²) in [6.45, 7) is 0. The lowest BCUT2D eigenvalue weighted by molar-refractivity contribution is 0.385. The highest BCUT2D eigenvalue weighted by Gasteiger charge is 2.20. The molecule has 2 N–H and O–H groups in total. The quantitative estimate of drug-likeness (QED) is 0.356. The fraction of sp³-hybridized carbons (Fsp3) is 1.00. The van der Waals surface area contributed by atoms with E-state index in [-0.39, 0.29) is 6.04 Å². The van der Waals surface area contributed by atoms with Crippen LogP contribution < -0.4 is 5.84 Å². The molecule has 1 saturated carbocycles. The Morgan fingerprint density at radius 1 is 1.67 bits per heavy atom. The van der Waals surface area contributed by atoms with Crippen LogP contribution in [0.3, 0.4) is 0 Å². The lowest BCUT2D eigenvalue weighted by atomic mass is 10.8. The van der Waals surface area contributed by atoms with Gasteiger partial charge in [-0.3, -0.25) is 5.84 Å². The van der Waals surface area contributed by atoms with Crippen LogP contribution >= 0.6 is 0 Å². The van der Waals surface area contributed by atoms with Gasteiger partial charge in [0.2, 0.25) is 0 Å². The summed E-state index contributed by atoms with van der Waals surface area (Å²) in [6.07, 6.45) is 1.97. The van der Waals surface area contributed by atoms with Crippen molar-refractivity contribution in [3.8, 4) is 0 Å². The van der Waals surface area contributed by atoms with Gasteiger partial charge in [0.25, 0.3) is 0 Å². The van der Waals surface area contributed by atoms with Crippen LogP contribution in [0.2, 0.25) is 0 Å². The van der Waals surface area contributed by atoms with Gasteiger partial charge in [-0.15, -0.1) is 0 Å². The first kappa shape index (κ1) is 4.05. The minimum Gasteiger partial charge on any atom is -0.772 e. The molecule has 0 saturated heterocycles. The normalized spacial score (nSPS) is 22.5. The van der Waals surface area contributed by atoms with Crippen molar-refractivity contribution >= 4 is 0 Å². The molecule has 36 valence electrons. The summed E-state index contributed by atoms with van der Waals surface area (Å²) in [5.74, 6) is 4.78. The molecule has 3 heteroatoms. The number of hydrazine groups is 1. The molecule has 0 bridgehead atoms. The van der Waals surface area contributed by atoms with Gasteiger partial charge in [0.1, 0.15) is 0 Å². The first-order valence-electron chi connectivity index (χ1n) is 2.02. The maximum absolute atomic E-state index is 9.90. The Morgan fingerprint density at radius 2 is 2.17 bits per heavy atom. The molecular weight excluding hydrogens is 80.0 g/mol. The number of rotatable bonds is 1. The highest BCUT2D eigenvalue weighted by Crippen LogP contribution is 2.22. The second-order valence-corrected chi connectivity index (χ2v) is 1.59. The summed E-state index contributed by atoms with van der Waals surface area (Å²) >= 11 is 0. The van der Waals surface area contributed by atoms with Crippen LogP contribution in [-0.4, -0.2) is 11.2 Å². The van der Waals surface area contributed by atoms with E-state index in [0.717, 1.165) is 12.8 Å². The summed E-state index contributed by atoms with van der Waals surface area (Å²) in [4.78, 5) is 0. The second kappa shape index (κ2) is 1.18. The molecule has 1 rings (SSSR count). The van der Waals surface area contributed by atoms with Gasteiger partial charge in [-0.1, -0.05) is 0 Å². The van der Waals surface area contributed by atoms with E-state index in [2.05, 4.69) is 0 Å². The monoisotopic (exact) mass is 87.1 g/mol. The minimum atomic E-state index is 0.157. The van der Waals surface area contributed by atoms with Crippen molar-refractivity contribution in [2.24, 2.45) is 5.84 Å². The summed E-state index contributed by atoms with van der Waals surface area (Å²) < 4.78 is 0. The van der Waals surface area contributed by atoms with E-state index in [4.69, 9.17) is 5.84 Å². The topological polar surface area (TPSA) is 52.3 Å². The third-order valence-corrected chi connectivity index (χ3v) is 0.907. The second-order valence-electron chi connectivity index (χ2n) is 1.59. The largest absolute Gasteiger partial charge is 0.772 e. The predicted molar refractivity (Wildman–Crippen MR) is 22.4 cm³/mol. The van der Waals surface area contributed by atoms with Gasteiger partial charge < -0.3 is 10.4 Å². The van der Waals surface area contributed by atoms with Gasteiger partial charge in [-0.25, -0.2) is 0 Å². The predicted octanol–water partition coefficient (Wildman–Crippen LogP) is -0.178. The van der Waals surface area contributed by atoms with Gasteiger partial charge >= 0.3 is 0 Å². The third-order valence-electron chi connectivity index (χ3n) is 0.907. The van der Waals surface area contributed by atoms with Crippen molar-refractivity contribution in [2.45, 2.75) is 18.9 Å². The smallest absolute Gasteiger partial charge is 0.0107 e. The minimum absolute atomic E-state index is 0.157. The van der Waals surface area contributed by atoms with Crippen molar-refractivity contribution in [1.82, 2.24) is 5.17 Å². The zero-order valence-corrected chi connectivity index (χ0v) is 3.42. The summed E-state index contributed by atoms with van der Waals surface area (Å²) in [7, 11) is 0. The van der Waals surface area contributed by atoms with E-state index < -0.39 is 0 Å². The van der Waals surface area contributed by atoms with E-state index >= 15 is 0 Å². The lowest BCUT2D eigenvalue weighted by Crippen LogP contribution is -2.25. The Morgan fingerprint density at radius 3 is 2.17 bits per heavy atom. The summed E-state index contributed by atoms with van der Waals surface area (Å²) in [5.41, 5.74) is 0. The Balaban J connectivity index is 2.13. The van der Waals surface area contributed by atoms with Crippen LogP contribution in [0.1, 0.15) is 12.8 Å². The number of nitrogens with two attached hydrogens (primary N) is 1. The lowest BCUT2D eigenvalue weighted by Gasteiger charge is -2.19. The molecule has 0 spiro atoms. The average molecular weight is 87.1 g/mol. The van der Waals surface area contributed by atoms with Crippen LogP contribution in [0.15, 0.2) is 0 Å². The third kappa shape index (κ3) is 0.680. The fourth-order valence-electron chi connectivity index (χ4n) is 0.329. The van der Waals surface area contributed by atoms with E-state index in [0.29, 0.717) is 5.17 Å². The van der Waals surface area contributed by atoms with E-state index in [1.165, 1.54) is 0 Å². The number of hydrogen-bond acceptors (Lipinski definition) is 3. The van der Waals surface area contributed by atoms with Crippen LogP contribution in [0.5, 0.6) is 0 Å². The Labute approximate surface area is 36.3 Å². The highest BCUT2D eigenvalue weighted by atomic mass is 16.5. The van der Waals surface area contributed by atoms with Crippen molar-refractivity contribution in [3.05, 3.63) is 5.21 Å². The van der Waals surface area contributed by atoms with Crippen LogP contribution in [0, 0.1) is 5.21 Å². The summed E-state index contributed by atoms with van der Waals surface area (Å²) in [5, 5.41) is 10.4. The van der Waals surface area contributed by atoms with Crippen molar-refractivity contribution in [1.29, 1.82) is 0 Å². The highest BCUT2D eigenvalue weighted by molar-refractivity contribution is 4.80. The molecule has 1 aliphatic rings. The number of hydroxylamine groups is 1. The molecule has 0 atom stereocenters. The maximum atomic E-state index is 9.90. The first-order valence-corrected chi connectivity index (χ1v) is 2.02. The molecule has 0 unspecified atom stereocenters. The van der Waals surface area contributed by atoms with E-state index in [9.17, 15) is 5.21 Å². The number of nitrogens with zero attached hydrogens (tertiary/aromatic N) is 1. The van der Waals surface area contributed by atoms with Crippen LogP contribution in [0.4, 0.5) is 0 Å². The van der Waals surface area contributed by atoms with Gasteiger partial charge in [-0.2, -0.15) is 0 Å². The molecule has 1 aliphatic carbocycles. The number of hydrogen-bond donors (Lipinski definition) is 1. The Bertz CT molecular complexity index is 50.8. The van der Waals surface area contributed by atoms with Gasteiger partial charge in [0.15, 0.2) is 0 Å².